The van der Waals surface area contributed by atoms with Crippen molar-refractivity contribution >= 4 is 0 Å². The molecule has 1 aromatic carbocycles. The first-order chi connectivity index (χ1) is 6.61. The lowest BCUT2D eigenvalue weighted by Gasteiger charge is -2.23. The van der Waals surface area contributed by atoms with E-state index in [9.17, 15) is 4.39 Å². The largest absolute Gasteiger partial charge is 0.330 e. The molecule has 1 atom stereocenters. The van der Waals surface area contributed by atoms with Crippen LogP contribution in [0.4, 0.5) is 4.39 Å². The molecule has 2 heteroatoms. The molecule has 0 saturated heterocycles. The molecular weight excluding hydrogens is 177 g/mol. The van der Waals surface area contributed by atoms with Gasteiger partial charge in [-0.2, -0.15) is 0 Å². The van der Waals surface area contributed by atoms with Gasteiger partial charge in [0.1, 0.15) is 5.82 Å². The van der Waals surface area contributed by atoms with Crippen LogP contribution in [0.1, 0.15) is 12.5 Å². The van der Waals surface area contributed by atoms with Gasteiger partial charge in [0.2, 0.25) is 0 Å². The van der Waals surface area contributed by atoms with Crippen molar-refractivity contribution in [3.05, 3.63) is 48.3 Å². The summed E-state index contributed by atoms with van der Waals surface area (Å²) in [6.45, 7) is 6.18. The van der Waals surface area contributed by atoms with Crippen LogP contribution in [0.15, 0.2) is 36.9 Å². The molecule has 1 nitrogen and oxygen atoms in total. The maximum absolute atomic E-state index is 13.3. The minimum Gasteiger partial charge on any atom is -0.330 e. The summed E-state index contributed by atoms with van der Waals surface area (Å²) in [5.41, 5.74) is 6.10. The average molecular weight is 193 g/mol. The average Bonchev–Trinajstić information content (AvgIpc) is 2.21. The second kappa shape index (κ2) is 4.38. The van der Waals surface area contributed by atoms with Gasteiger partial charge in [0.15, 0.2) is 0 Å². The van der Waals surface area contributed by atoms with Crippen molar-refractivity contribution in [2.45, 2.75) is 13.3 Å². The lowest BCUT2D eigenvalue weighted by molar-refractivity contribution is 0.428. The van der Waals surface area contributed by atoms with E-state index in [1.165, 1.54) is 6.07 Å². The Morgan fingerprint density at radius 1 is 1.50 bits per heavy atom. The van der Waals surface area contributed by atoms with E-state index in [0.29, 0.717) is 18.5 Å². The first kappa shape index (κ1) is 10.9. The van der Waals surface area contributed by atoms with Crippen molar-refractivity contribution in [1.29, 1.82) is 0 Å². The molecule has 0 bridgehead atoms. The first-order valence-electron chi connectivity index (χ1n) is 4.68. The van der Waals surface area contributed by atoms with E-state index in [2.05, 4.69) is 6.58 Å². The molecule has 0 radical (unpaired) electrons. The zero-order valence-corrected chi connectivity index (χ0v) is 8.46. The summed E-state index contributed by atoms with van der Waals surface area (Å²) in [6.07, 6.45) is 2.39. The molecule has 0 saturated carbocycles. The van der Waals surface area contributed by atoms with Crippen LogP contribution >= 0.6 is 0 Å². The molecule has 0 fully saturated rings. The van der Waals surface area contributed by atoms with Gasteiger partial charge in [-0.3, -0.25) is 0 Å². The lowest BCUT2D eigenvalue weighted by atomic mass is 9.84. The second-order valence-corrected chi connectivity index (χ2v) is 3.83. The fourth-order valence-corrected chi connectivity index (χ4v) is 1.30. The third-order valence-corrected chi connectivity index (χ3v) is 2.51. The van der Waals surface area contributed by atoms with Crippen LogP contribution in [0.2, 0.25) is 0 Å². The van der Waals surface area contributed by atoms with E-state index < -0.39 is 0 Å². The van der Waals surface area contributed by atoms with E-state index in [-0.39, 0.29) is 11.2 Å². The third kappa shape index (κ3) is 2.42. The molecular formula is C12H16FN. The zero-order valence-electron chi connectivity index (χ0n) is 8.46. The fraction of sp³-hybridized carbons (Fsp3) is 0.333. The van der Waals surface area contributed by atoms with Gasteiger partial charge in [-0.15, -0.1) is 6.58 Å². The fourth-order valence-electron chi connectivity index (χ4n) is 1.30. The van der Waals surface area contributed by atoms with Gasteiger partial charge >= 0.3 is 0 Å². The quantitative estimate of drug-likeness (QED) is 0.730. The molecule has 76 valence electrons. The van der Waals surface area contributed by atoms with Gasteiger partial charge in [0, 0.05) is 12.0 Å². The Balaban J connectivity index is 2.87. The Kier molecular flexibility index (Phi) is 3.42. The van der Waals surface area contributed by atoms with Gasteiger partial charge < -0.3 is 5.73 Å². The van der Waals surface area contributed by atoms with Gasteiger partial charge in [0.25, 0.3) is 0 Å². The van der Waals surface area contributed by atoms with Crippen LogP contribution in [0.5, 0.6) is 0 Å². The summed E-state index contributed by atoms with van der Waals surface area (Å²) >= 11 is 0. The molecule has 0 aliphatic heterocycles. The highest BCUT2D eigenvalue weighted by molar-refractivity contribution is 5.20. The van der Waals surface area contributed by atoms with Crippen molar-refractivity contribution < 1.29 is 4.39 Å². The van der Waals surface area contributed by atoms with Gasteiger partial charge in [-0.25, -0.2) is 4.39 Å². The summed E-state index contributed by atoms with van der Waals surface area (Å²) < 4.78 is 13.3. The predicted octanol–water partition coefficient (Wildman–Crippen LogP) is 2.52. The maximum atomic E-state index is 13.3. The predicted molar refractivity (Wildman–Crippen MR) is 57.5 cm³/mol. The number of halogens is 1. The number of hydrogen-bond donors (Lipinski definition) is 1. The Labute approximate surface area is 84.4 Å². The monoisotopic (exact) mass is 193 g/mol. The molecule has 0 aliphatic rings. The molecule has 1 rings (SSSR count). The molecule has 0 aliphatic carbocycles. The van der Waals surface area contributed by atoms with Gasteiger partial charge in [-0.1, -0.05) is 31.2 Å². The first-order valence-corrected chi connectivity index (χ1v) is 4.68. The minimum absolute atomic E-state index is 0.172. The van der Waals surface area contributed by atoms with Crippen LogP contribution in [-0.2, 0) is 6.42 Å². The number of rotatable bonds is 4. The van der Waals surface area contributed by atoms with E-state index in [0.717, 1.165) is 0 Å². The third-order valence-electron chi connectivity index (χ3n) is 2.51. The SMILES string of the molecule is C=CC(C)(CN)Cc1ccccc1F. The summed E-state index contributed by atoms with van der Waals surface area (Å²) in [7, 11) is 0. The normalized spacial score (nSPS) is 14.8. The molecule has 14 heavy (non-hydrogen) atoms. The van der Waals surface area contributed by atoms with Crippen molar-refractivity contribution in [3.8, 4) is 0 Å². The van der Waals surface area contributed by atoms with Crippen LogP contribution in [-0.4, -0.2) is 6.54 Å². The zero-order chi connectivity index (χ0) is 10.6. The van der Waals surface area contributed by atoms with Crippen LogP contribution < -0.4 is 5.73 Å². The summed E-state index contributed by atoms with van der Waals surface area (Å²) in [5.74, 6) is -0.172. The standard InChI is InChI=1S/C12H16FN/c1-3-12(2,9-14)8-10-6-4-5-7-11(10)13/h3-7H,1,8-9,14H2,2H3. The van der Waals surface area contributed by atoms with Gasteiger partial charge in [0.05, 0.1) is 0 Å². The molecule has 0 aromatic heterocycles. The topological polar surface area (TPSA) is 26.0 Å². The highest BCUT2D eigenvalue weighted by Crippen LogP contribution is 2.23. The molecule has 1 unspecified atom stereocenters. The minimum atomic E-state index is -0.220. The molecule has 0 heterocycles. The van der Waals surface area contributed by atoms with Crippen molar-refractivity contribution in [2.75, 3.05) is 6.54 Å². The molecule has 0 amide bonds. The molecule has 0 spiro atoms. The van der Waals surface area contributed by atoms with Crippen LogP contribution in [0.25, 0.3) is 0 Å². The van der Waals surface area contributed by atoms with E-state index in [1.54, 1.807) is 18.2 Å². The smallest absolute Gasteiger partial charge is 0.126 e. The van der Waals surface area contributed by atoms with E-state index in [1.807, 2.05) is 13.0 Å². The molecule has 1 aromatic rings. The second-order valence-electron chi connectivity index (χ2n) is 3.83. The Hall–Kier alpha value is -1.15. The van der Waals surface area contributed by atoms with E-state index >= 15 is 0 Å². The molecule has 2 N–H and O–H groups in total. The highest BCUT2D eigenvalue weighted by atomic mass is 19.1. The number of benzene rings is 1. The van der Waals surface area contributed by atoms with E-state index in [4.69, 9.17) is 5.73 Å². The Morgan fingerprint density at radius 2 is 2.14 bits per heavy atom. The summed E-state index contributed by atoms with van der Waals surface area (Å²) in [6, 6.07) is 6.77. The number of nitrogens with two attached hydrogens (primary N) is 1. The maximum Gasteiger partial charge on any atom is 0.126 e. The Morgan fingerprint density at radius 3 is 2.64 bits per heavy atom. The number of hydrogen-bond acceptors (Lipinski definition) is 1. The van der Waals surface area contributed by atoms with Crippen molar-refractivity contribution in [3.63, 3.8) is 0 Å². The van der Waals surface area contributed by atoms with Crippen molar-refractivity contribution in [1.82, 2.24) is 0 Å². The Bertz CT molecular complexity index is 322. The lowest BCUT2D eigenvalue weighted by Crippen LogP contribution is -2.27. The van der Waals surface area contributed by atoms with Crippen molar-refractivity contribution in [2.24, 2.45) is 11.1 Å². The highest BCUT2D eigenvalue weighted by Gasteiger charge is 2.20. The summed E-state index contributed by atoms with van der Waals surface area (Å²) in [4.78, 5) is 0. The summed E-state index contributed by atoms with van der Waals surface area (Å²) in [5, 5.41) is 0. The van der Waals surface area contributed by atoms with Crippen LogP contribution in [0.3, 0.4) is 0 Å². The van der Waals surface area contributed by atoms with Crippen LogP contribution in [0, 0.1) is 11.2 Å². The van der Waals surface area contributed by atoms with Gasteiger partial charge in [-0.05, 0) is 18.1 Å².